The van der Waals surface area contributed by atoms with E-state index >= 15 is 0 Å². The monoisotopic (exact) mass is 325 g/mol. The van der Waals surface area contributed by atoms with Crippen molar-refractivity contribution >= 4 is 5.91 Å². The van der Waals surface area contributed by atoms with Crippen LogP contribution in [0.5, 0.6) is 11.5 Å². The van der Waals surface area contributed by atoms with Crippen LogP contribution in [0.3, 0.4) is 0 Å². The molecule has 1 amide bonds. The number of rotatable bonds is 8. The summed E-state index contributed by atoms with van der Waals surface area (Å²) in [6.45, 7) is 1.08. The van der Waals surface area contributed by atoms with Crippen LogP contribution in [0.15, 0.2) is 54.6 Å². The topological polar surface area (TPSA) is 47.6 Å². The second kappa shape index (κ2) is 7.39. The number of hydrogen-bond acceptors (Lipinski definition) is 3. The first-order chi connectivity index (χ1) is 11.7. The third-order valence-corrected chi connectivity index (χ3v) is 4.52. The maximum Gasteiger partial charge on any atom is 0.223 e. The van der Waals surface area contributed by atoms with E-state index in [0.29, 0.717) is 19.6 Å². The molecule has 0 spiro atoms. The average molecular weight is 325 g/mol. The number of hydrogen-bond donors (Lipinski definition) is 1. The lowest BCUT2D eigenvalue weighted by molar-refractivity contribution is -0.121. The molecule has 4 heteroatoms. The van der Waals surface area contributed by atoms with E-state index in [9.17, 15) is 4.79 Å². The van der Waals surface area contributed by atoms with Crippen molar-refractivity contribution in [1.82, 2.24) is 5.32 Å². The van der Waals surface area contributed by atoms with E-state index in [2.05, 4.69) is 17.4 Å². The summed E-state index contributed by atoms with van der Waals surface area (Å²) >= 11 is 0. The number of benzene rings is 2. The highest BCUT2D eigenvalue weighted by Crippen LogP contribution is 2.47. The summed E-state index contributed by atoms with van der Waals surface area (Å²) in [7, 11) is 1.67. The Bertz CT molecular complexity index is 663. The number of amides is 1. The molecule has 0 heterocycles. The summed E-state index contributed by atoms with van der Waals surface area (Å²) in [5, 5.41) is 3.05. The van der Waals surface area contributed by atoms with E-state index in [1.54, 1.807) is 7.11 Å². The first-order valence-electron chi connectivity index (χ1n) is 8.31. The maximum atomic E-state index is 12.0. The van der Waals surface area contributed by atoms with Crippen molar-refractivity contribution in [3.05, 3.63) is 60.2 Å². The number of carbonyl (C=O) groups is 1. The molecule has 1 N–H and O–H groups in total. The van der Waals surface area contributed by atoms with Gasteiger partial charge in [-0.1, -0.05) is 30.3 Å². The van der Waals surface area contributed by atoms with Crippen LogP contribution >= 0.6 is 0 Å². The number of ether oxygens (including phenoxy) is 2. The fourth-order valence-electron chi connectivity index (χ4n) is 2.80. The van der Waals surface area contributed by atoms with Gasteiger partial charge < -0.3 is 14.8 Å². The lowest BCUT2D eigenvalue weighted by Gasteiger charge is -2.17. The van der Waals surface area contributed by atoms with E-state index in [1.165, 1.54) is 5.56 Å². The first kappa shape index (κ1) is 16.4. The molecule has 0 aromatic heterocycles. The van der Waals surface area contributed by atoms with Gasteiger partial charge in [0, 0.05) is 12.0 Å². The van der Waals surface area contributed by atoms with Gasteiger partial charge in [0.25, 0.3) is 0 Å². The maximum absolute atomic E-state index is 12.0. The molecule has 0 bridgehead atoms. The highest BCUT2D eigenvalue weighted by atomic mass is 16.5. The minimum absolute atomic E-state index is 0.0331. The standard InChI is InChI=1S/C20H23NO3/c1-23-17-9-7-16(8-10-17)20(12-13-20)15-21-19(22)11-14-24-18-5-3-2-4-6-18/h2-10H,11-15H2,1H3,(H,21,22). The molecule has 24 heavy (non-hydrogen) atoms. The highest BCUT2D eigenvalue weighted by molar-refractivity contribution is 5.76. The number of methoxy groups -OCH3 is 1. The van der Waals surface area contributed by atoms with Gasteiger partial charge in [-0.3, -0.25) is 4.79 Å². The van der Waals surface area contributed by atoms with Crippen molar-refractivity contribution in [1.29, 1.82) is 0 Å². The Morgan fingerprint density at radius 1 is 1.04 bits per heavy atom. The van der Waals surface area contributed by atoms with Gasteiger partial charge in [-0.05, 0) is 42.7 Å². The molecule has 0 unspecified atom stereocenters. The van der Waals surface area contributed by atoms with Crippen LogP contribution in [-0.2, 0) is 10.2 Å². The van der Waals surface area contributed by atoms with Crippen LogP contribution < -0.4 is 14.8 Å². The van der Waals surface area contributed by atoms with Crippen molar-refractivity contribution in [2.75, 3.05) is 20.3 Å². The van der Waals surface area contributed by atoms with Crippen LogP contribution in [0.25, 0.3) is 0 Å². The molecule has 1 aliphatic rings. The van der Waals surface area contributed by atoms with Crippen molar-refractivity contribution in [3.63, 3.8) is 0 Å². The van der Waals surface area contributed by atoms with Crippen molar-refractivity contribution in [3.8, 4) is 11.5 Å². The quantitative estimate of drug-likeness (QED) is 0.810. The normalized spacial score (nSPS) is 14.7. The molecule has 1 aliphatic carbocycles. The molecule has 0 atom stereocenters. The summed E-state index contributed by atoms with van der Waals surface area (Å²) in [4.78, 5) is 12.0. The van der Waals surface area contributed by atoms with Gasteiger partial charge in [-0.2, -0.15) is 0 Å². The van der Waals surface area contributed by atoms with Gasteiger partial charge in [0.1, 0.15) is 11.5 Å². The Balaban J connectivity index is 1.43. The summed E-state index contributed by atoms with van der Waals surface area (Å²) in [5.74, 6) is 1.68. The highest BCUT2D eigenvalue weighted by Gasteiger charge is 2.44. The lowest BCUT2D eigenvalue weighted by atomic mass is 9.96. The van der Waals surface area contributed by atoms with Crippen LogP contribution in [-0.4, -0.2) is 26.2 Å². The predicted molar refractivity (Wildman–Crippen MR) is 93.5 cm³/mol. The van der Waals surface area contributed by atoms with Gasteiger partial charge in [0.05, 0.1) is 20.1 Å². The fraction of sp³-hybridized carbons (Fsp3) is 0.350. The second-order valence-electron chi connectivity index (χ2n) is 6.20. The Labute approximate surface area is 142 Å². The van der Waals surface area contributed by atoms with E-state index in [-0.39, 0.29) is 11.3 Å². The SMILES string of the molecule is COc1ccc(C2(CNC(=O)CCOc3ccccc3)CC2)cc1. The average Bonchev–Trinajstić information content (AvgIpc) is 3.42. The van der Waals surface area contributed by atoms with Gasteiger partial charge >= 0.3 is 0 Å². The third kappa shape index (κ3) is 4.07. The minimum atomic E-state index is 0.0331. The number of nitrogens with one attached hydrogen (secondary N) is 1. The summed E-state index contributed by atoms with van der Waals surface area (Å²) in [6, 6.07) is 17.7. The second-order valence-corrected chi connectivity index (χ2v) is 6.20. The number of para-hydroxylation sites is 1. The molecule has 1 saturated carbocycles. The fourth-order valence-corrected chi connectivity index (χ4v) is 2.80. The third-order valence-electron chi connectivity index (χ3n) is 4.52. The summed E-state index contributed by atoms with van der Waals surface area (Å²) in [6.07, 6.45) is 2.59. The Kier molecular flexibility index (Phi) is 5.04. The van der Waals surface area contributed by atoms with Crippen LogP contribution in [0.4, 0.5) is 0 Å². The number of carbonyl (C=O) groups excluding carboxylic acids is 1. The smallest absolute Gasteiger partial charge is 0.223 e. The molecular weight excluding hydrogens is 302 g/mol. The van der Waals surface area contributed by atoms with Crippen molar-refractivity contribution in [2.45, 2.75) is 24.7 Å². The predicted octanol–water partition coefficient (Wildman–Crippen LogP) is 3.31. The molecule has 0 aliphatic heterocycles. The Morgan fingerprint density at radius 3 is 2.38 bits per heavy atom. The molecule has 3 rings (SSSR count). The van der Waals surface area contributed by atoms with Crippen LogP contribution in [0, 0.1) is 0 Å². The lowest BCUT2D eigenvalue weighted by Crippen LogP contribution is -2.33. The minimum Gasteiger partial charge on any atom is -0.497 e. The van der Waals surface area contributed by atoms with Crippen LogP contribution in [0.1, 0.15) is 24.8 Å². The molecular formula is C20H23NO3. The molecule has 2 aromatic rings. The van der Waals surface area contributed by atoms with Crippen molar-refractivity contribution in [2.24, 2.45) is 0 Å². The summed E-state index contributed by atoms with van der Waals surface area (Å²) in [5.41, 5.74) is 1.37. The van der Waals surface area contributed by atoms with E-state index < -0.39 is 0 Å². The molecule has 4 nitrogen and oxygen atoms in total. The zero-order valence-corrected chi connectivity index (χ0v) is 14.0. The molecule has 1 fully saturated rings. The Hall–Kier alpha value is -2.49. The molecule has 2 aromatic carbocycles. The van der Waals surface area contributed by atoms with Gasteiger partial charge in [-0.25, -0.2) is 0 Å². The van der Waals surface area contributed by atoms with E-state index in [1.807, 2.05) is 42.5 Å². The zero-order valence-electron chi connectivity index (χ0n) is 14.0. The van der Waals surface area contributed by atoms with Gasteiger partial charge in [0.15, 0.2) is 0 Å². The summed E-state index contributed by atoms with van der Waals surface area (Å²) < 4.78 is 10.8. The first-order valence-corrected chi connectivity index (χ1v) is 8.31. The van der Waals surface area contributed by atoms with Crippen molar-refractivity contribution < 1.29 is 14.3 Å². The van der Waals surface area contributed by atoms with E-state index in [4.69, 9.17) is 9.47 Å². The van der Waals surface area contributed by atoms with Gasteiger partial charge in [-0.15, -0.1) is 0 Å². The van der Waals surface area contributed by atoms with Crippen LogP contribution in [0.2, 0.25) is 0 Å². The zero-order chi connectivity index (χ0) is 16.8. The molecule has 126 valence electrons. The Morgan fingerprint density at radius 2 is 1.75 bits per heavy atom. The molecule has 0 radical (unpaired) electrons. The van der Waals surface area contributed by atoms with Gasteiger partial charge in [0.2, 0.25) is 5.91 Å². The largest absolute Gasteiger partial charge is 0.497 e. The van der Waals surface area contributed by atoms with E-state index in [0.717, 1.165) is 24.3 Å². The molecule has 0 saturated heterocycles.